The van der Waals surface area contributed by atoms with Crippen molar-refractivity contribution in [3.05, 3.63) is 105 Å². The Labute approximate surface area is 178 Å². The molecular formula is C24H23FN4O2. The second-order valence-corrected chi connectivity index (χ2v) is 7.74. The minimum absolute atomic E-state index is 0.0828. The highest BCUT2D eigenvalue weighted by Crippen LogP contribution is 2.19. The number of aromatic nitrogens is 4. The van der Waals surface area contributed by atoms with Crippen molar-refractivity contribution in [3.63, 3.8) is 0 Å². The second-order valence-electron chi connectivity index (χ2n) is 7.74. The van der Waals surface area contributed by atoms with E-state index in [4.69, 9.17) is 0 Å². The number of allylic oxidation sites excluding steroid dienone is 1. The first kappa shape index (κ1) is 20.5. The molecule has 0 N–H and O–H groups in total. The maximum atomic E-state index is 13.3. The van der Waals surface area contributed by atoms with Crippen LogP contribution < -0.4 is 11.2 Å². The van der Waals surface area contributed by atoms with E-state index < -0.39 is 11.2 Å². The van der Waals surface area contributed by atoms with E-state index in [-0.39, 0.29) is 18.0 Å². The molecule has 2 aromatic heterocycles. The fourth-order valence-electron chi connectivity index (χ4n) is 3.62. The van der Waals surface area contributed by atoms with Crippen LogP contribution in [0, 0.1) is 5.82 Å². The van der Waals surface area contributed by atoms with Gasteiger partial charge >= 0.3 is 5.69 Å². The predicted molar refractivity (Wildman–Crippen MR) is 119 cm³/mol. The van der Waals surface area contributed by atoms with Gasteiger partial charge in [-0.15, -0.1) is 6.58 Å². The van der Waals surface area contributed by atoms with Gasteiger partial charge in [-0.1, -0.05) is 44.2 Å². The van der Waals surface area contributed by atoms with Crippen molar-refractivity contribution in [1.29, 1.82) is 0 Å². The normalized spacial score (nSPS) is 11.4. The first-order valence-electron chi connectivity index (χ1n) is 10.1. The quantitative estimate of drug-likeness (QED) is 0.447. The number of nitrogens with zero attached hydrogens (tertiary/aromatic N) is 4. The van der Waals surface area contributed by atoms with Crippen LogP contribution in [0.25, 0.3) is 16.9 Å². The van der Waals surface area contributed by atoms with Gasteiger partial charge in [0.05, 0.1) is 12.0 Å². The van der Waals surface area contributed by atoms with Crippen LogP contribution in [0.15, 0.2) is 77.1 Å². The molecule has 0 bridgehead atoms. The Hall–Kier alpha value is -3.74. The molecule has 2 heterocycles. The van der Waals surface area contributed by atoms with Gasteiger partial charge < -0.3 is 4.57 Å². The zero-order chi connectivity index (χ0) is 22.1. The van der Waals surface area contributed by atoms with Crippen molar-refractivity contribution in [2.24, 2.45) is 0 Å². The minimum Gasteiger partial charge on any atom is -0.320 e. The molecule has 0 saturated carbocycles. The summed E-state index contributed by atoms with van der Waals surface area (Å²) in [5.74, 6) is 0.0293. The summed E-state index contributed by atoms with van der Waals surface area (Å²) < 4.78 is 17.5. The molecule has 0 aliphatic heterocycles. The highest BCUT2D eigenvalue weighted by Gasteiger charge is 2.19. The summed E-state index contributed by atoms with van der Waals surface area (Å²) in [4.78, 5) is 30.8. The lowest BCUT2D eigenvalue weighted by Gasteiger charge is -2.13. The Balaban J connectivity index is 1.94. The van der Waals surface area contributed by atoms with Crippen molar-refractivity contribution < 1.29 is 4.39 Å². The summed E-state index contributed by atoms with van der Waals surface area (Å²) in [7, 11) is 0. The molecule has 0 radical (unpaired) electrons. The molecule has 158 valence electrons. The Morgan fingerprint density at radius 1 is 1.06 bits per heavy atom. The van der Waals surface area contributed by atoms with E-state index in [1.165, 1.54) is 29.1 Å². The van der Waals surface area contributed by atoms with E-state index in [0.29, 0.717) is 23.7 Å². The summed E-state index contributed by atoms with van der Waals surface area (Å²) in [5, 5.41) is 0. The second kappa shape index (κ2) is 8.18. The third kappa shape index (κ3) is 3.74. The van der Waals surface area contributed by atoms with Crippen LogP contribution in [0.5, 0.6) is 0 Å². The van der Waals surface area contributed by atoms with Crippen molar-refractivity contribution in [2.45, 2.75) is 32.9 Å². The summed E-state index contributed by atoms with van der Waals surface area (Å²) in [6.07, 6.45) is 3.05. The Kier molecular flexibility index (Phi) is 5.42. The molecule has 0 amide bonds. The highest BCUT2D eigenvalue weighted by atomic mass is 19.1. The fraction of sp³-hybridized carbons (Fsp3) is 0.208. The number of hydrogen-bond acceptors (Lipinski definition) is 3. The number of imidazole rings is 1. The Morgan fingerprint density at radius 2 is 1.74 bits per heavy atom. The van der Waals surface area contributed by atoms with Crippen molar-refractivity contribution in [1.82, 2.24) is 18.7 Å². The van der Waals surface area contributed by atoms with E-state index >= 15 is 0 Å². The molecule has 4 rings (SSSR count). The molecule has 7 heteroatoms. The zero-order valence-electron chi connectivity index (χ0n) is 17.5. The average Bonchev–Trinajstić information content (AvgIpc) is 3.16. The molecule has 0 aliphatic carbocycles. The number of halogens is 1. The standard InChI is InChI=1S/C24H23FN4O2/c1-4-13-28-23(30)21-22(26-15-27(21)14-17-5-9-19(25)10-6-17)29(24(28)31)20-11-7-18(8-12-20)16(2)3/h4-12,15-16H,1,13-14H2,2-3H3. The van der Waals surface area contributed by atoms with E-state index in [2.05, 4.69) is 25.4 Å². The lowest BCUT2D eigenvalue weighted by molar-refractivity contribution is 0.626. The highest BCUT2D eigenvalue weighted by molar-refractivity contribution is 5.72. The topological polar surface area (TPSA) is 61.8 Å². The first-order chi connectivity index (χ1) is 14.9. The molecule has 31 heavy (non-hydrogen) atoms. The summed E-state index contributed by atoms with van der Waals surface area (Å²) in [6.45, 7) is 8.27. The van der Waals surface area contributed by atoms with Crippen LogP contribution in [0.3, 0.4) is 0 Å². The van der Waals surface area contributed by atoms with Gasteiger partial charge in [0.2, 0.25) is 0 Å². The fourth-order valence-corrected chi connectivity index (χ4v) is 3.62. The van der Waals surface area contributed by atoms with E-state index in [1.807, 2.05) is 24.3 Å². The largest absolute Gasteiger partial charge is 0.337 e. The van der Waals surface area contributed by atoms with Gasteiger partial charge in [0, 0.05) is 13.1 Å². The van der Waals surface area contributed by atoms with Crippen LogP contribution >= 0.6 is 0 Å². The molecule has 0 atom stereocenters. The number of rotatable bonds is 6. The van der Waals surface area contributed by atoms with Gasteiger partial charge in [-0.2, -0.15) is 0 Å². The molecule has 6 nitrogen and oxygen atoms in total. The van der Waals surface area contributed by atoms with Crippen LogP contribution in [0.2, 0.25) is 0 Å². The van der Waals surface area contributed by atoms with Gasteiger partial charge in [-0.25, -0.2) is 18.7 Å². The smallest absolute Gasteiger partial charge is 0.320 e. The van der Waals surface area contributed by atoms with Crippen LogP contribution in [0.4, 0.5) is 4.39 Å². The molecule has 0 fully saturated rings. The molecule has 0 spiro atoms. The molecule has 0 aliphatic rings. The van der Waals surface area contributed by atoms with E-state index in [0.717, 1.165) is 15.7 Å². The third-order valence-electron chi connectivity index (χ3n) is 5.30. The predicted octanol–water partition coefficient (Wildman–Crippen LogP) is 3.85. The van der Waals surface area contributed by atoms with E-state index in [9.17, 15) is 14.0 Å². The maximum absolute atomic E-state index is 13.3. The SMILES string of the molecule is C=CCn1c(=O)c2c(ncn2Cc2ccc(F)cc2)n(-c2ccc(C(C)C)cc2)c1=O. The van der Waals surface area contributed by atoms with Gasteiger partial charge in [-0.3, -0.25) is 9.36 Å². The number of fused-ring (bicyclic) bond motifs is 1. The van der Waals surface area contributed by atoms with Crippen LogP contribution in [-0.2, 0) is 13.1 Å². The Morgan fingerprint density at radius 3 is 2.35 bits per heavy atom. The summed E-state index contributed by atoms with van der Waals surface area (Å²) >= 11 is 0. The van der Waals surface area contributed by atoms with Gasteiger partial charge in [0.1, 0.15) is 5.82 Å². The summed E-state index contributed by atoms with van der Waals surface area (Å²) in [5.41, 5.74) is 2.28. The number of benzene rings is 2. The molecule has 2 aromatic carbocycles. The van der Waals surface area contributed by atoms with E-state index in [1.54, 1.807) is 16.7 Å². The lowest BCUT2D eigenvalue weighted by atomic mass is 10.0. The molecule has 4 aromatic rings. The molecule has 0 saturated heterocycles. The Bertz CT molecular complexity index is 1360. The zero-order valence-corrected chi connectivity index (χ0v) is 17.5. The van der Waals surface area contributed by atoms with Crippen LogP contribution in [-0.4, -0.2) is 18.7 Å². The maximum Gasteiger partial charge on any atom is 0.337 e. The lowest BCUT2D eigenvalue weighted by Crippen LogP contribution is -2.39. The van der Waals surface area contributed by atoms with Crippen LogP contribution in [0.1, 0.15) is 30.9 Å². The average molecular weight is 418 g/mol. The van der Waals surface area contributed by atoms with Gasteiger partial charge in [0.15, 0.2) is 11.2 Å². The summed E-state index contributed by atoms with van der Waals surface area (Å²) in [6, 6.07) is 13.7. The molecular weight excluding hydrogens is 395 g/mol. The minimum atomic E-state index is -0.471. The van der Waals surface area contributed by atoms with Gasteiger partial charge in [-0.05, 0) is 41.3 Å². The van der Waals surface area contributed by atoms with Crippen molar-refractivity contribution >= 4 is 11.2 Å². The third-order valence-corrected chi connectivity index (χ3v) is 5.30. The van der Waals surface area contributed by atoms with Crippen molar-refractivity contribution in [2.75, 3.05) is 0 Å². The number of hydrogen-bond donors (Lipinski definition) is 0. The van der Waals surface area contributed by atoms with Gasteiger partial charge in [0.25, 0.3) is 5.56 Å². The van der Waals surface area contributed by atoms with Crippen molar-refractivity contribution in [3.8, 4) is 5.69 Å². The molecule has 0 unspecified atom stereocenters. The monoisotopic (exact) mass is 418 g/mol. The first-order valence-corrected chi connectivity index (χ1v) is 10.1.